The van der Waals surface area contributed by atoms with Crippen molar-refractivity contribution in [2.75, 3.05) is 6.61 Å². The molecule has 23 heavy (non-hydrogen) atoms. The molecule has 3 aromatic rings. The molecule has 0 saturated carbocycles. The van der Waals surface area contributed by atoms with Gasteiger partial charge in [0.2, 0.25) is 0 Å². The molecule has 0 saturated heterocycles. The van der Waals surface area contributed by atoms with Crippen molar-refractivity contribution in [3.8, 4) is 0 Å². The molecule has 7 heteroatoms. The molecular formula is C16H13FN2O2S2. The van der Waals surface area contributed by atoms with E-state index in [9.17, 15) is 9.18 Å². The fourth-order valence-corrected chi connectivity index (χ4v) is 4.22. The second-order valence-electron chi connectivity index (χ2n) is 4.56. The maximum atomic E-state index is 14.2. The van der Waals surface area contributed by atoms with Gasteiger partial charge in [0.1, 0.15) is 10.7 Å². The standard InChI is InChI=1S/C16H13FN2O2S2/c1-2-21-15(20)14-10(9-22-16-18-7-4-8-19-16)13-11(17)5-3-6-12(13)23-14/h3-8H,2,9H2,1H3. The lowest BCUT2D eigenvalue weighted by Crippen LogP contribution is -2.05. The van der Waals surface area contributed by atoms with Gasteiger partial charge >= 0.3 is 5.97 Å². The van der Waals surface area contributed by atoms with Crippen LogP contribution in [0.5, 0.6) is 0 Å². The number of nitrogens with zero attached hydrogens (tertiary/aromatic N) is 2. The Kier molecular flexibility index (Phi) is 4.88. The Bertz CT molecular complexity index is 837. The molecule has 1 aromatic carbocycles. The number of rotatable bonds is 5. The Morgan fingerprint density at radius 2 is 2.09 bits per heavy atom. The molecule has 0 aliphatic rings. The summed E-state index contributed by atoms with van der Waals surface area (Å²) in [5.41, 5.74) is 0.638. The van der Waals surface area contributed by atoms with Gasteiger partial charge in [-0.05, 0) is 30.7 Å². The van der Waals surface area contributed by atoms with Crippen LogP contribution in [0.2, 0.25) is 0 Å². The molecule has 0 aliphatic carbocycles. The van der Waals surface area contributed by atoms with Crippen molar-refractivity contribution < 1.29 is 13.9 Å². The maximum absolute atomic E-state index is 14.2. The number of thioether (sulfide) groups is 1. The zero-order valence-corrected chi connectivity index (χ0v) is 13.9. The van der Waals surface area contributed by atoms with Gasteiger partial charge in [-0.3, -0.25) is 0 Å². The third-order valence-corrected chi connectivity index (χ3v) is 5.19. The van der Waals surface area contributed by atoms with Crippen LogP contribution in [0.1, 0.15) is 22.2 Å². The smallest absolute Gasteiger partial charge is 0.348 e. The minimum Gasteiger partial charge on any atom is -0.462 e. The zero-order valence-electron chi connectivity index (χ0n) is 12.3. The fourth-order valence-electron chi connectivity index (χ4n) is 2.16. The first-order valence-corrected chi connectivity index (χ1v) is 8.77. The molecule has 0 bridgehead atoms. The van der Waals surface area contributed by atoms with E-state index in [-0.39, 0.29) is 12.4 Å². The normalized spacial score (nSPS) is 10.9. The van der Waals surface area contributed by atoms with E-state index in [0.717, 1.165) is 4.70 Å². The van der Waals surface area contributed by atoms with E-state index in [1.54, 1.807) is 37.5 Å². The first-order valence-electron chi connectivity index (χ1n) is 6.97. The summed E-state index contributed by atoms with van der Waals surface area (Å²) in [6.07, 6.45) is 3.29. The number of hydrogen-bond acceptors (Lipinski definition) is 6. The van der Waals surface area contributed by atoms with Gasteiger partial charge in [-0.15, -0.1) is 11.3 Å². The summed E-state index contributed by atoms with van der Waals surface area (Å²) < 4.78 is 20.1. The molecule has 0 atom stereocenters. The molecule has 118 valence electrons. The third kappa shape index (κ3) is 3.35. The second kappa shape index (κ2) is 7.06. The molecular weight excluding hydrogens is 335 g/mol. The summed E-state index contributed by atoms with van der Waals surface area (Å²) in [4.78, 5) is 20.9. The molecule has 0 radical (unpaired) electrons. The molecule has 0 fully saturated rings. The van der Waals surface area contributed by atoms with Crippen LogP contribution in [-0.4, -0.2) is 22.5 Å². The van der Waals surface area contributed by atoms with Crippen LogP contribution in [0.15, 0.2) is 41.8 Å². The van der Waals surface area contributed by atoms with E-state index in [1.165, 1.54) is 29.2 Å². The molecule has 0 spiro atoms. The first kappa shape index (κ1) is 15.9. The number of fused-ring (bicyclic) bond motifs is 1. The lowest BCUT2D eigenvalue weighted by Gasteiger charge is -2.04. The quantitative estimate of drug-likeness (QED) is 0.391. The number of ether oxygens (including phenoxy) is 1. The van der Waals surface area contributed by atoms with Gasteiger partial charge in [0.25, 0.3) is 0 Å². The van der Waals surface area contributed by atoms with Crippen LogP contribution < -0.4 is 0 Å². The van der Waals surface area contributed by atoms with Crippen molar-refractivity contribution in [1.29, 1.82) is 0 Å². The van der Waals surface area contributed by atoms with Crippen molar-refractivity contribution >= 4 is 39.2 Å². The number of hydrogen-bond donors (Lipinski definition) is 0. The summed E-state index contributed by atoms with van der Waals surface area (Å²) in [6.45, 7) is 2.03. The van der Waals surface area contributed by atoms with Crippen LogP contribution in [0.3, 0.4) is 0 Å². The van der Waals surface area contributed by atoms with E-state index >= 15 is 0 Å². The largest absolute Gasteiger partial charge is 0.462 e. The van der Waals surface area contributed by atoms with Crippen LogP contribution in [-0.2, 0) is 10.5 Å². The van der Waals surface area contributed by atoms with Gasteiger partial charge in [-0.2, -0.15) is 0 Å². The topological polar surface area (TPSA) is 52.1 Å². The van der Waals surface area contributed by atoms with Crippen LogP contribution in [0.25, 0.3) is 10.1 Å². The van der Waals surface area contributed by atoms with E-state index < -0.39 is 5.97 Å². The second-order valence-corrected chi connectivity index (χ2v) is 6.56. The summed E-state index contributed by atoms with van der Waals surface area (Å²) >= 11 is 2.61. The highest BCUT2D eigenvalue weighted by molar-refractivity contribution is 7.98. The first-order chi connectivity index (χ1) is 11.2. The van der Waals surface area contributed by atoms with Crippen molar-refractivity contribution in [3.05, 3.63) is 52.9 Å². The Labute approximate surface area is 140 Å². The molecule has 4 nitrogen and oxygen atoms in total. The maximum Gasteiger partial charge on any atom is 0.348 e. The predicted octanol–water partition coefficient (Wildman–Crippen LogP) is 4.30. The number of carbonyl (C=O) groups excluding carboxylic acids is 1. The number of carbonyl (C=O) groups is 1. The average Bonchev–Trinajstić information content (AvgIpc) is 2.94. The van der Waals surface area contributed by atoms with Crippen LogP contribution >= 0.6 is 23.1 Å². The Morgan fingerprint density at radius 3 is 2.83 bits per heavy atom. The Balaban J connectivity index is 2.01. The van der Waals surface area contributed by atoms with Gasteiger partial charge < -0.3 is 4.74 Å². The van der Waals surface area contributed by atoms with Gasteiger partial charge in [-0.25, -0.2) is 19.2 Å². The Morgan fingerprint density at radius 1 is 1.30 bits per heavy atom. The molecule has 3 rings (SSSR count). The number of halogens is 1. The highest BCUT2D eigenvalue weighted by Crippen LogP contribution is 2.36. The van der Waals surface area contributed by atoms with Gasteiger partial charge in [-0.1, -0.05) is 17.8 Å². The summed E-state index contributed by atoms with van der Waals surface area (Å²) in [6, 6.07) is 6.57. The molecule has 2 aromatic heterocycles. The molecule has 0 unspecified atom stereocenters. The molecule has 0 amide bonds. The summed E-state index contributed by atoms with van der Waals surface area (Å²) in [5, 5.41) is 1.06. The minimum absolute atomic E-state index is 0.282. The predicted molar refractivity (Wildman–Crippen MR) is 89.3 cm³/mol. The van der Waals surface area contributed by atoms with E-state index in [4.69, 9.17) is 4.74 Å². The van der Waals surface area contributed by atoms with Crippen LogP contribution in [0.4, 0.5) is 4.39 Å². The van der Waals surface area contributed by atoms with E-state index in [2.05, 4.69) is 9.97 Å². The number of aromatic nitrogens is 2. The van der Waals surface area contributed by atoms with Crippen molar-refractivity contribution in [1.82, 2.24) is 9.97 Å². The third-order valence-electron chi connectivity index (χ3n) is 3.11. The van der Waals surface area contributed by atoms with Crippen molar-refractivity contribution in [2.24, 2.45) is 0 Å². The summed E-state index contributed by atoms with van der Waals surface area (Å²) in [5.74, 6) is -0.351. The Hall–Kier alpha value is -1.99. The molecule has 0 aliphatic heterocycles. The van der Waals surface area contributed by atoms with Crippen LogP contribution in [0, 0.1) is 5.82 Å². The van der Waals surface area contributed by atoms with E-state index in [0.29, 0.717) is 26.7 Å². The molecule has 2 heterocycles. The fraction of sp³-hybridized carbons (Fsp3) is 0.188. The molecule has 0 N–H and O–H groups in total. The average molecular weight is 348 g/mol. The van der Waals surface area contributed by atoms with E-state index in [1.807, 2.05) is 0 Å². The lowest BCUT2D eigenvalue weighted by atomic mass is 10.1. The lowest BCUT2D eigenvalue weighted by molar-refractivity contribution is 0.0531. The SMILES string of the molecule is CCOC(=O)c1sc2cccc(F)c2c1CSc1ncccn1. The monoisotopic (exact) mass is 348 g/mol. The number of esters is 1. The highest BCUT2D eigenvalue weighted by atomic mass is 32.2. The number of thiophene rings is 1. The highest BCUT2D eigenvalue weighted by Gasteiger charge is 2.22. The minimum atomic E-state index is -0.419. The van der Waals surface area contributed by atoms with Crippen molar-refractivity contribution in [2.45, 2.75) is 17.8 Å². The van der Waals surface area contributed by atoms with Gasteiger partial charge in [0, 0.05) is 28.2 Å². The van der Waals surface area contributed by atoms with Crippen molar-refractivity contribution in [3.63, 3.8) is 0 Å². The van der Waals surface area contributed by atoms with Gasteiger partial charge in [0.05, 0.1) is 6.61 Å². The zero-order chi connectivity index (χ0) is 16.2. The summed E-state index contributed by atoms with van der Waals surface area (Å²) in [7, 11) is 0. The van der Waals surface area contributed by atoms with Gasteiger partial charge in [0.15, 0.2) is 5.16 Å². The number of benzene rings is 1.